The second-order valence-electron chi connectivity index (χ2n) is 4.98. The molecule has 1 fully saturated rings. The van der Waals surface area contributed by atoms with Crippen molar-refractivity contribution in [3.63, 3.8) is 0 Å². The summed E-state index contributed by atoms with van der Waals surface area (Å²) in [6.07, 6.45) is 3.16. The predicted octanol–water partition coefficient (Wildman–Crippen LogP) is 1.15. The van der Waals surface area contributed by atoms with E-state index in [1.807, 2.05) is 18.2 Å². The third kappa shape index (κ3) is 3.68. The van der Waals surface area contributed by atoms with Crippen LogP contribution in [0.4, 0.5) is 0 Å². The molecule has 0 aromatic carbocycles. The van der Waals surface area contributed by atoms with Crippen LogP contribution in [0.1, 0.15) is 13.3 Å². The first-order valence-corrected chi connectivity index (χ1v) is 6.78. The normalized spacial score (nSPS) is 26.9. The molecule has 15 heavy (non-hydrogen) atoms. The molecule has 1 unspecified atom stereocenters. The number of carbonyl (C=O) groups excluding carboxylic acids is 1. The lowest BCUT2D eigenvalue weighted by Crippen LogP contribution is -2.39. The lowest BCUT2D eigenvalue weighted by Gasteiger charge is -2.29. The number of likely N-dealkylation sites (tertiary alicyclic amines) is 1. The van der Waals surface area contributed by atoms with E-state index in [2.05, 4.69) is 18.9 Å². The highest BCUT2D eigenvalue weighted by Crippen LogP contribution is 2.29. The first kappa shape index (κ1) is 12.8. The van der Waals surface area contributed by atoms with E-state index in [-0.39, 0.29) is 11.3 Å². The average Bonchev–Trinajstić information content (AvgIpc) is 2.46. The van der Waals surface area contributed by atoms with Crippen LogP contribution in [-0.4, -0.2) is 61.4 Å². The van der Waals surface area contributed by atoms with Gasteiger partial charge in [-0.1, -0.05) is 6.92 Å². The fraction of sp³-hybridized carbons (Fsp3) is 0.909. The number of carbonyl (C=O) groups is 1. The Morgan fingerprint density at radius 1 is 1.60 bits per heavy atom. The van der Waals surface area contributed by atoms with E-state index in [1.165, 1.54) is 6.42 Å². The van der Waals surface area contributed by atoms with E-state index in [0.29, 0.717) is 5.75 Å². The molecule has 0 bridgehead atoms. The summed E-state index contributed by atoms with van der Waals surface area (Å²) in [5.41, 5.74) is 0.289. The van der Waals surface area contributed by atoms with Gasteiger partial charge in [-0.3, -0.25) is 4.79 Å². The van der Waals surface area contributed by atoms with Gasteiger partial charge in [-0.05, 0) is 31.7 Å². The molecule has 1 atom stereocenters. The quantitative estimate of drug-likeness (QED) is 0.724. The summed E-state index contributed by atoms with van der Waals surface area (Å²) in [6.45, 7) is 5.42. The van der Waals surface area contributed by atoms with Gasteiger partial charge in [-0.2, -0.15) is 11.8 Å². The number of rotatable bonds is 4. The maximum absolute atomic E-state index is 11.6. The van der Waals surface area contributed by atoms with E-state index in [4.69, 9.17) is 0 Å². The minimum Gasteiger partial charge on any atom is -0.344 e. The molecule has 1 saturated heterocycles. The number of thioether (sulfide) groups is 1. The van der Waals surface area contributed by atoms with Crippen molar-refractivity contribution in [3.05, 3.63) is 0 Å². The van der Waals surface area contributed by atoms with Crippen LogP contribution in [-0.2, 0) is 4.79 Å². The van der Waals surface area contributed by atoms with E-state index >= 15 is 0 Å². The lowest BCUT2D eigenvalue weighted by atomic mass is 9.89. The standard InChI is InChI=1S/C11H22N2OS/c1-11(5-6-12(2)8-11)9-13(3)10(14)7-15-4/h5-9H2,1-4H3. The molecule has 0 aromatic heterocycles. The van der Waals surface area contributed by atoms with Crippen molar-refractivity contribution >= 4 is 17.7 Å². The van der Waals surface area contributed by atoms with Gasteiger partial charge in [0, 0.05) is 20.1 Å². The van der Waals surface area contributed by atoms with Gasteiger partial charge in [0.2, 0.25) is 5.91 Å². The Labute approximate surface area is 97.2 Å². The largest absolute Gasteiger partial charge is 0.344 e. The summed E-state index contributed by atoms with van der Waals surface area (Å²) in [5, 5.41) is 0. The molecule has 4 heteroatoms. The van der Waals surface area contributed by atoms with Crippen LogP contribution >= 0.6 is 11.8 Å². The fourth-order valence-electron chi connectivity index (χ4n) is 2.29. The summed E-state index contributed by atoms with van der Waals surface area (Å²) in [7, 11) is 4.07. The molecule has 0 aliphatic carbocycles. The van der Waals surface area contributed by atoms with Crippen molar-refractivity contribution in [1.82, 2.24) is 9.80 Å². The topological polar surface area (TPSA) is 23.6 Å². The highest BCUT2D eigenvalue weighted by molar-refractivity contribution is 7.99. The van der Waals surface area contributed by atoms with Gasteiger partial charge in [0.1, 0.15) is 0 Å². The Hall–Kier alpha value is -0.220. The zero-order chi connectivity index (χ0) is 11.5. The predicted molar refractivity (Wildman–Crippen MR) is 66.2 cm³/mol. The monoisotopic (exact) mass is 230 g/mol. The van der Waals surface area contributed by atoms with Crippen LogP contribution in [0.3, 0.4) is 0 Å². The second kappa shape index (κ2) is 5.21. The van der Waals surface area contributed by atoms with Crippen LogP contribution in [0, 0.1) is 5.41 Å². The van der Waals surface area contributed by atoms with Gasteiger partial charge in [0.05, 0.1) is 5.75 Å². The molecule has 1 rings (SSSR count). The summed E-state index contributed by atoms with van der Waals surface area (Å²) in [5.74, 6) is 0.848. The summed E-state index contributed by atoms with van der Waals surface area (Å²) in [4.78, 5) is 15.9. The maximum atomic E-state index is 11.6. The van der Waals surface area contributed by atoms with Gasteiger partial charge in [0.25, 0.3) is 0 Å². The van der Waals surface area contributed by atoms with Gasteiger partial charge in [-0.15, -0.1) is 0 Å². The average molecular weight is 230 g/mol. The van der Waals surface area contributed by atoms with Crippen LogP contribution in [0.15, 0.2) is 0 Å². The molecule has 0 saturated carbocycles. The molecule has 1 heterocycles. The van der Waals surface area contributed by atoms with E-state index in [1.54, 1.807) is 11.8 Å². The number of hydrogen-bond acceptors (Lipinski definition) is 3. The van der Waals surface area contributed by atoms with Gasteiger partial charge in [-0.25, -0.2) is 0 Å². The molecule has 1 aliphatic rings. The molecular formula is C11H22N2OS. The molecule has 0 radical (unpaired) electrons. The van der Waals surface area contributed by atoms with E-state index in [0.717, 1.165) is 19.6 Å². The van der Waals surface area contributed by atoms with Crippen molar-refractivity contribution in [2.75, 3.05) is 45.7 Å². The number of amides is 1. The number of hydrogen-bond donors (Lipinski definition) is 0. The second-order valence-corrected chi connectivity index (χ2v) is 5.85. The van der Waals surface area contributed by atoms with Crippen molar-refractivity contribution in [1.29, 1.82) is 0 Å². The Balaban J connectivity index is 2.43. The smallest absolute Gasteiger partial charge is 0.232 e. The maximum Gasteiger partial charge on any atom is 0.232 e. The third-order valence-electron chi connectivity index (χ3n) is 3.06. The minimum absolute atomic E-state index is 0.248. The van der Waals surface area contributed by atoms with Crippen molar-refractivity contribution in [2.24, 2.45) is 5.41 Å². The molecule has 0 spiro atoms. The zero-order valence-corrected chi connectivity index (χ0v) is 11.1. The molecule has 1 amide bonds. The summed E-state index contributed by atoms with van der Waals surface area (Å²) >= 11 is 1.59. The molecule has 0 aromatic rings. The molecular weight excluding hydrogens is 208 g/mol. The van der Waals surface area contributed by atoms with Gasteiger partial charge in [0.15, 0.2) is 0 Å². The first-order chi connectivity index (χ1) is 6.97. The van der Waals surface area contributed by atoms with Gasteiger partial charge >= 0.3 is 0 Å². The van der Waals surface area contributed by atoms with E-state index in [9.17, 15) is 4.79 Å². The van der Waals surface area contributed by atoms with Crippen molar-refractivity contribution < 1.29 is 4.79 Å². The Morgan fingerprint density at radius 2 is 2.27 bits per heavy atom. The van der Waals surface area contributed by atoms with E-state index < -0.39 is 0 Å². The Morgan fingerprint density at radius 3 is 2.73 bits per heavy atom. The fourth-order valence-corrected chi connectivity index (χ4v) is 2.76. The highest BCUT2D eigenvalue weighted by atomic mass is 32.2. The van der Waals surface area contributed by atoms with Crippen LogP contribution in [0.25, 0.3) is 0 Å². The molecule has 0 N–H and O–H groups in total. The molecule has 88 valence electrons. The lowest BCUT2D eigenvalue weighted by molar-refractivity contribution is -0.128. The van der Waals surface area contributed by atoms with Gasteiger partial charge < -0.3 is 9.80 Å². The Bertz CT molecular complexity index is 235. The van der Waals surface area contributed by atoms with Crippen LogP contribution < -0.4 is 0 Å². The third-order valence-corrected chi connectivity index (χ3v) is 3.60. The number of nitrogens with zero attached hydrogens (tertiary/aromatic N) is 2. The Kier molecular flexibility index (Phi) is 4.46. The first-order valence-electron chi connectivity index (χ1n) is 5.38. The van der Waals surface area contributed by atoms with Crippen LogP contribution in [0.5, 0.6) is 0 Å². The van der Waals surface area contributed by atoms with Crippen molar-refractivity contribution in [2.45, 2.75) is 13.3 Å². The minimum atomic E-state index is 0.248. The van der Waals surface area contributed by atoms with Crippen LogP contribution in [0.2, 0.25) is 0 Å². The highest BCUT2D eigenvalue weighted by Gasteiger charge is 2.33. The zero-order valence-electron chi connectivity index (χ0n) is 10.2. The summed E-state index contributed by atoms with van der Waals surface area (Å²) < 4.78 is 0. The van der Waals surface area contributed by atoms with Crippen molar-refractivity contribution in [3.8, 4) is 0 Å². The summed E-state index contributed by atoms with van der Waals surface area (Å²) in [6, 6.07) is 0. The SMILES string of the molecule is CSCC(=O)N(C)CC1(C)CCN(C)C1. The molecule has 3 nitrogen and oxygen atoms in total. The molecule has 1 aliphatic heterocycles.